The molecule has 4 heteroatoms. The fourth-order valence-corrected chi connectivity index (χ4v) is 6.65. The molecule has 0 saturated heterocycles. The predicted octanol–water partition coefficient (Wildman–Crippen LogP) is 4.68. The maximum Gasteiger partial charge on any atom is 0.0849 e. The van der Waals surface area contributed by atoms with E-state index in [0.717, 1.165) is 24.0 Å². The van der Waals surface area contributed by atoms with Gasteiger partial charge in [-0.25, -0.2) is 0 Å². The van der Waals surface area contributed by atoms with Gasteiger partial charge in [-0.15, -0.1) is 0 Å². The molecule has 0 heterocycles. The van der Waals surface area contributed by atoms with Crippen molar-refractivity contribution in [3.8, 4) is 0 Å². The minimum absolute atomic E-state index is 0.282. The van der Waals surface area contributed by atoms with Crippen LogP contribution in [0.25, 0.3) is 0 Å². The first kappa shape index (κ1) is 24.7. The number of hydrogen-bond donors (Lipinski definition) is 4. The van der Waals surface area contributed by atoms with Crippen LogP contribution in [0.1, 0.15) is 85.5 Å². The Balaban J connectivity index is 1.71. The van der Waals surface area contributed by atoms with Crippen LogP contribution in [-0.2, 0) is 0 Å². The van der Waals surface area contributed by atoms with Crippen LogP contribution < -0.4 is 0 Å². The Kier molecular flexibility index (Phi) is 7.57. The molecule has 0 bridgehead atoms. The van der Waals surface area contributed by atoms with Gasteiger partial charge in [0.25, 0.3) is 0 Å². The van der Waals surface area contributed by atoms with Crippen molar-refractivity contribution in [2.24, 2.45) is 23.2 Å². The number of hydrogen-bond acceptors (Lipinski definition) is 4. The van der Waals surface area contributed by atoms with Crippen molar-refractivity contribution in [1.29, 1.82) is 0 Å². The Hall–Kier alpha value is -0.940. The maximum atomic E-state index is 10.3. The lowest BCUT2D eigenvalue weighted by atomic mass is 9.60. The Morgan fingerprint density at radius 3 is 2.58 bits per heavy atom. The van der Waals surface area contributed by atoms with E-state index in [1.165, 1.54) is 31.3 Å². The summed E-state index contributed by atoms with van der Waals surface area (Å²) in [6, 6.07) is 0. The third-order valence-electron chi connectivity index (χ3n) is 8.70. The second-order valence-electron chi connectivity index (χ2n) is 11.4. The average molecular weight is 433 g/mol. The summed E-state index contributed by atoms with van der Waals surface area (Å²) in [7, 11) is 0. The molecular weight excluding hydrogens is 388 g/mol. The first-order valence-electron chi connectivity index (χ1n) is 12.3. The van der Waals surface area contributed by atoms with E-state index < -0.39 is 23.9 Å². The molecule has 3 aliphatic rings. The molecule has 0 unspecified atom stereocenters. The highest BCUT2D eigenvalue weighted by Crippen LogP contribution is 2.60. The second kappa shape index (κ2) is 9.51. The maximum absolute atomic E-state index is 10.3. The second-order valence-corrected chi connectivity index (χ2v) is 11.4. The molecule has 4 nitrogen and oxygen atoms in total. The normalized spacial score (nSPS) is 39.0. The van der Waals surface area contributed by atoms with Crippen molar-refractivity contribution in [2.75, 3.05) is 0 Å². The van der Waals surface area contributed by atoms with Gasteiger partial charge in [0.2, 0.25) is 0 Å². The SMILES string of the molecule is C=C1C(=CC=C2CCC[C@]3(C)[C@@H]([C@H](C)CC[C@@H](O)C(C)(C)O)CC[C@@H]23)C[C@@H](O)C[C@@H]1O. The molecule has 3 saturated carbocycles. The fourth-order valence-electron chi connectivity index (χ4n) is 6.65. The van der Waals surface area contributed by atoms with Crippen LogP contribution in [-0.4, -0.2) is 44.3 Å². The molecule has 0 aromatic heterocycles. The molecule has 0 amide bonds. The highest BCUT2D eigenvalue weighted by Gasteiger charge is 2.50. The molecular formula is C27H44O4. The topological polar surface area (TPSA) is 80.9 Å². The Labute approximate surface area is 188 Å². The van der Waals surface area contributed by atoms with Gasteiger partial charge in [-0.3, -0.25) is 0 Å². The highest BCUT2D eigenvalue weighted by molar-refractivity contribution is 5.38. The molecule has 0 spiro atoms. The van der Waals surface area contributed by atoms with Crippen LogP contribution in [0.4, 0.5) is 0 Å². The average Bonchev–Trinajstić information content (AvgIpc) is 3.04. The van der Waals surface area contributed by atoms with E-state index in [1.807, 2.05) is 0 Å². The molecule has 31 heavy (non-hydrogen) atoms. The largest absolute Gasteiger partial charge is 0.393 e. The van der Waals surface area contributed by atoms with Crippen molar-refractivity contribution >= 4 is 0 Å². The molecule has 3 rings (SSSR count). The molecule has 3 aliphatic carbocycles. The van der Waals surface area contributed by atoms with E-state index in [-0.39, 0.29) is 5.41 Å². The van der Waals surface area contributed by atoms with E-state index in [2.05, 4.69) is 32.6 Å². The molecule has 0 aliphatic heterocycles. The van der Waals surface area contributed by atoms with Gasteiger partial charge < -0.3 is 20.4 Å². The number of aliphatic hydroxyl groups excluding tert-OH is 3. The third-order valence-corrected chi connectivity index (χ3v) is 8.70. The van der Waals surface area contributed by atoms with Crippen LogP contribution in [0, 0.1) is 23.2 Å². The number of fused-ring (bicyclic) bond motifs is 1. The van der Waals surface area contributed by atoms with E-state index in [0.29, 0.717) is 37.0 Å². The zero-order chi connectivity index (χ0) is 23.0. The summed E-state index contributed by atoms with van der Waals surface area (Å²) < 4.78 is 0. The van der Waals surface area contributed by atoms with Gasteiger partial charge in [0.15, 0.2) is 0 Å². The van der Waals surface area contributed by atoms with Crippen LogP contribution in [0.2, 0.25) is 0 Å². The smallest absolute Gasteiger partial charge is 0.0849 e. The van der Waals surface area contributed by atoms with Gasteiger partial charge in [-0.2, -0.15) is 0 Å². The van der Waals surface area contributed by atoms with Crippen molar-refractivity contribution < 1.29 is 20.4 Å². The van der Waals surface area contributed by atoms with E-state index in [1.54, 1.807) is 13.8 Å². The molecule has 4 N–H and O–H groups in total. The van der Waals surface area contributed by atoms with E-state index in [4.69, 9.17) is 0 Å². The molecule has 7 atom stereocenters. The lowest BCUT2D eigenvalue weighted by Crippen LogP contribution is -2.38. The number of aliphatic hydroxyl groups is 4. The summed E-state index contributed by atoms with van der Waals surface area (Å²) in [4.78, 5) is 0. The Morgan fingerprint density at radius 2 is 1.90 bits per heavy atom. The van der Waals surface area contributed by atoms with Crippen LogP contribution >= 0.6 is 0 Å². The third kappa shape index (κ3) is 5.35. The van der Waals surface area contributed by atoms with Crippen molar-refractivity contribution in [2.45, 2.75) is 109 Å². The minimum Gasteiger partial charge on any atom is -0.393 e. The minimum atomic E-state index is -1.04. The summed E-state index contributed by atoms with van der Waals surface area (Å²) >= 11 is 0. The summed E-state index contributed by atoms with van der Waals surface area (Å²) in [5.74, 6) is 1.74. The lowest BCUT2D eigenvalue weighted by molar-refractivity contribution is -0.0554. The summed E-state index contributed by atoms with van der Waals surface area (Å²) in [6.07, 6.45) is 11.1. The van der Waals surface area contributed by atoms with Gasteiger partial charge in [-0.1, -0.05) is 38.2 Å². The summed E-state index contributed by atoms with van der Waals surface area (Å²) in [5, 5.41) is 40.5. The van der Waals surface area contributed by atoms with E-state index in [9.17, 15) is 20.4 Å². The van der Waals surface area contributed by atoms with Crippen LogP contribution in [0.3, 0.4) is 0 Å². The van der Waals surface area contributed by atoms with E-state index >= 15 is 0 Å². The number of allylic oxidation sites excluding steroid dienone is 3. The summed E-state index contributed by atoms with van der Waals surface area (Å²) in [5.41, 5.74) is 2.48. The molecule has 0 radical (unpaired) electrons. The fraction of sp³-hybridized carbons (Fsp3) is 0.778. The predicted molar refractivity (Wildman–Crippen MR) is 125 cm³/mol. The van der Waals surface area contributed by atoms with Crippen LogP contribution in [0.15, 0.2) is 35.5 Å². The van der Waals surface area contributed by atoms with Gasteiger partial charge in [0.05, 0.1) is 23.9 Å². The first-order valence-corrected chi connectivity index (χ1v) is 12.3. The van der Waals surface area contributed by atoms with Gasteiger partial charge in [0.1, 0.15) is 0 Å². The molecule has 0 aromatic rings. The van der Waals surface area contributed by atoms with Crippen LogP contribution in [0.5, 0.6) is 0 Å². The standard InChI is InChI=1S/C27H44O4/c1-17(8-13-25(30)26(3,4)31)22-11-12-23-19(7-6-14-27(22,23)5)9-10-20-15-21(28)16-24(29)18(20)2/h9-10,17,21-25,28-31H,2,6-8,11-16H2,1,3-5H3/t17-,21-,22-,23+,24+,25-,27-/m1/s1. The van der Waals surface area contributed by atoms with Crippen molar-refractivity contribution in [3.05, 3.63) is 35.5 Å². The Morgan fingerprint density at radius 1 is 1.19 bits per heavy atom. The van der Waals surface area contributed by atoms with Crippen molar-refractivity contribution in [3.63, 3.8) is 0 Å². The monoisotopic (exact) mass is 432 g/mol. The van der Waals surface area contributed by atoms with Gasteiger partial charge in [-0.05, 0) is 99.5 Å². The van der Waals surface area contributed by atoms with Crippen molar-refractivity contribution in [1.82, 2.24) is 0 Å². The first-order chi connectivity index (χ1) is 14.4. The highest BCUT2D eigenvalue weighted by atomic mass is 16.3. The molecule has 176 valence electrons. The lowest BCUT2D eigenvalue weighted by Gasteiger charge is -2.44. The molecule has 3 fully saturated rings. The molecule has 0 aromatic carbocycles. The quantitative estimate of drug-likeness (QED) is 0.491. The van der Waals surface area contributed by atoms with Gasteiger partial charge >= 0.3 is 0 Å². The Bertz CT molecular complexity index is 715. The summed E-state index contributed by atoms with van der Waals surface area (Å²) in [6.45, 7) is 12.2. The number of rotatable bonds is 6. The zero-order valence-electron chi connectivity index (χ0n) is 20.0. The zero-order valence-corrected chi connectivity index (χ0v) is 20.0. The van der Waals surface area contributed by atoms with Gasteiger partial charge in [0, 0.05) is 6.42 Å².